The SMILES string of the molecule is CCC1CCCCC1OCCCCCC=O. The molecule has 1 fully saturated rings. The van der Waals surface area contributed by atoms with Crippen molar-refractivity contribution < 1.29 is 9.53 Å². The van der Waals surface area contributed by atoms with Crippen LogP contribution in [0.4, 0.5) is 0 Å². The van der Waals surface area contributed by atoms with Gasteiger partial charge >= 0.3 is 0 Å². The number of carbonyl (C=O) groups excluding carboxylic acids is 1. The van der Waals surface area contributed by atoms with Crippen LogP contribution in [0, 0.1) is 5.92 Å². The highest BCUT2D eigenvalue weighted by atomic mass is 16.5. The fraction of sp³-hybridized carbons (Fsp3) is 0.929. The molecule has 0 heterocycles. The molecule has 0 aromatic heterocycles. The molecular weight excluding hydrogens is 200 g/mol. The molecule has 0 spiro atoms. The van der Waals surface area contributed by atoms with Gasteiger partial charge in [0.1, 0.15) is 6.29 Å². The lowest BCUT2D eigenvalue weighted by atomic mass is 9.85. The summed E-state index contributed by atoms with van der Waals surface area (Å²) in [4.78, 5) is 10.1. The summed E-state index contributed by atoms with van der Waals surface area (Å²) in [6.45, 7) is 3.16. The zero-order valence-corrected chi connectivity index (χ0v) is 10.6. The van der Waals surface area contributed by atoms with E-state index in [0.717, 1.165) is 38.1 Å². The first-order chi connectivity index (χ1) is 7.88. The van der Waals surface area contributed by atoms with Crippen LogP contribution in [0.2, 0.25) is 0 Å². The highest BCUT2D eigenvalue weighted by Gasteiger charge is 2.23. The number of hydrogen-bond donors (Lipinski definition) is 0. The van der Waals surface area contributed by atoms with Gasteiger partial charge in [-0.1, -0.05) is 32.6 Å². The minimum Gasteiger partial charge on any atom is -0.378 e. The maximum absolute atomic E-state index is 10.1. The molecule has 0 N–H and O–H groups in total. The van der Waals surface area contributed by atoms with Crippen LogP contribution in [-0.4, -0.2) is 19.0 Å². The van der Waals surface area contributed by atoms with Crippen LogP contribution in [0.1, 0.15) is 64.7 Å². The van der Waals surface area contributed by atoms with Crippen LogP contribution in [0.3, 0.4) is 0 Å². The van der Waals surface area contributed by atoms with E-state index in [1.165, 1.54) is 32.1 Å². The summed E-state index contributed by atoms with van der Waals surface area (Å²) in [5.74, 6) is 0.795. The minimum absolute atomic E-state index is 0.518. The van der Waals surface area contributed by atoms with Gasteiger partial charge in [0, 0.05) is 13.0 Å². The van der Waals surface area contributed by atoms with Gasteiger partial charge in [0.05, 0.1) is 6.10 Å². The number of rotatable bonds is 8. The highest BCUT2D eigenvalue weighted by Crippen LogP contribution is 2.29. The highest BCUT2D eigenvalue weighted by molar-refractivity contribution is 5.48. The van der Waals surface area contributed by atoms with Crippen molar-refractivity contribution in [2.24, 2.45) is 5.92 Å². The molecule has 0 amide bonds. The van der Waals surface area contributed by atoms with Gasteiger partial charge in [-0.3, -0.25) is 0 Å². The number of hydrogen-bond acceptors (Lipinski definition) is 2. The Kier molecular flexibility index (Phi) is 7.48. The second kappa shape index (κ2) is 8.74. The van der Waals surface area contributed by atoms with Crippen LogP contribution in [-0.2, 0) is 9.53 Å². The van der Waals surface area contributed by atoms with Crippen LogP contribution in [0.5, 0.6) is 0 Å². The average Bonchev–Trinajstić information content (AvgIpc) is 2.34. The van der Waals surface area contributed by atoms with E-state index in [-0.39, 0.29) is 0 Å². The quantitative estimate of drug-likeness (QED) is 0.465. The number of ether oxygens (including phenoxy) is 1. The van der Waals surface area contributed by atoms with E-state index < -0.39 is 0 Å². The van der Waals surface area contributed by atoms with Crippen molar-refractivity contribution in [2.45, 2.75) is 70.8 Å². The molecule has 0 aromatic carbocycles. The van der Waals surface area contributed by atoms with E-state index in [1.807, 2.05) is 0 Å². The van der Waals surface area contributed by atoms with Crippen molar-refractivity contribution in [1.29, 1.82) is 0 Å². The van der Waals surface area contributed by atoms with Crippen molar-refractivity contribution in [3.63, 3.8) is 0 Å². The van der Waals surface area contributed by atoms with Crippen molar-refractivity contribution in [3.8, 4) is 0 Å². The normalized spacial score (nSPS) is 25.6. The zero-order chi connectivity index (χ0) is 11.6. The molecule has 16 heavy (non-hydrogen) atoms. The van der Waals surface area contributed by atoms with E-state index in [9.17, 15) is 4.79 Å². The fourth-order valence-electron chi connectivity index (χ4n) is 2.60. The maximum Gasteiger partial charge on any atom is 0.119 e. The Hall–Kier alpha value is -0.370. The summed E-state index contributed by atoms with van der Waals surface area (Å²) in [5.41, 5.74) is 0. The van der Waals surface area contributed by atoms with E-state index >= 15 is 0 Å². The fourth-order valence-corrected chi connectivity index (χ4v) is 2.60. The maximum atomic E-state index is 10.1. The first kappa shape index (κ1) is 13.7. The number of carbonyl (C=O) groups is 1. The van der Waals surface area contributed by atoms with E-state index in [0.29, 0.717) is 12.5 Å². The predicted octanol–water partition coefficient (Wildman–Crippen LogP) is 3.73. The predicted molar refractivity (Wildman–Crippen MR) is 66.5 cm³/mol. The van der Waals surface area contributed by atoms with Crippen molar-refractivity contribution in [3.05, 3.63) is 0 Å². The lowest BCUT2D eigenvalue weighted by Gasteiger charge is -2.30. The van der Waals surface area contributed by atoms with Gasteiger partial charge in [-0.05, 0) is 31.6 Å². The first-order valence-corrected chi connectivity index (χ1v) is 6.93. The summed E-state index contributed by atoms with van der Waals surface area (Å²) in [5, 5.41) is 0. The van der Waals surface area contributed by atoms with Crippen LogP contribution >= 0.6 is 0 Å². The second-order valence-electron chi connectivity index (χ2n) is 4.88. The molecule has 94 valence electrons. The van der Waals surface area contributed by atoms with Gasteiger partial charge in [-0.15, -0.1) is 0 Å². The molecule has 2 heteroatoms. The lowest BCUT2D eigenvalue weighted by molar-refractivity contribution is -0.108. The standard InChI is InChI=1S/C14H26O2/c1-2-13-9-5-6-10-14(13)16-12-8-4-3-7-11-15/h11,13-14H,2-10,12H2,1H3. The van der Waals surface area contributed by atoms with E-state index in [4.69, 9.17) is 4.74 Å². The molecule has 0 aliphatic heterocycles. The Morgan fingerprint density at radius 3 is 2.75 bits per heavy atom. The third-order valence-electron chi connectivity index (χ3n) is 3.66. The van der Waals surface area contributed by atoms with Crippen LogP contribution < -0.4 is 0 Å². The lowest BCUT2D eigenvalue weighted by Crippen LogP contribution is -2.27. The summed E-state index contributed by atoms with van der Waals surface area (Å²) < 4.78 is 5.98. The van der Waals surface area contributed by atoms with E-state index in [2.05, 4.69) is 6.92 Å². The van der Waals surface area contributed by atoms with Gasteiger partial charge in [0.25, 0.3) is 0 Å². The summed E-state index contributed by atoms with van der Waals surface area (Å²) >= 11 is 0. The van der Waals surface area contributed by atoms with Crippen molar-refractivity contribution >= 4 is 6.29 Å². The monoisotopic (exact) mass is 226 g/mol. The van der Waals surface area contributed by atoms with Gasteiger partial charge < -0.3 is 9.53 Å². The van der Waals surface area contributed by atoms with Crippen molar-refractivity contribution in [1.82, 2.24) is 0 Å². The second-order valence-corrected chi connectivity index (χ2v) is 4.88. The molecule has 1 rings (SSSR count). The Morgan fingerprint density at radius 1 is 1.19 bits per heavy atom. The molecule has 0 bridgehead atoms. The van der Waals surface area contributed by atoms with Crippen LogP contribution in [0.15, 0.2) is 0 Å². The molecule has 1 saturated carbocycles. The third kappa shape index (κ3) is 5.11. The van der Waals surface area contributed by atoms with Crippen molar-refractivity contribution in [2.75, 3.05) is 6.61 Å². The smallest absolute Gasteiger partial charge is 0.119 e. The average molecular weight is 226 g/mol. The van der Waals surface area contributed by atoms with Gasteiger partial charge in [-0.25, -0.2) is 0 Å². The molecule has 0 aromatic rings. The molecule has 1 aliphatic rings. The first-order valence-electron chi connectivity index (χ1n) is 6.93. The Morgan fingerprint density at radius 2 is 2.00 bits per heavy atom. The summed E-state index contributed by atoms with van der Waals surface area (Å²) in [6, 6.07) is 0. The third-order valence-corrected chi connectivity index (χ3v) is 3.66. The van der Waals surface area contributed by atoms with Gasteiger partial charge in [-0.2, -0.15) is 0 Å². The number of aldehydes is 1. The Balaban J connectivity index is 2.03. The van der Waals surface area contributed by atoms with Gasteiger partial charge in [0.15, 0.2) is 0 Å². The zero-order valence-electron chi connectivity index (χ0n) is 10.6. The summed E-state index contributed by atoms with van der Waals surface area (Å²) in [6.07, 6.45) is 12.1. The molecule has 2 atom stereocenters. The number of unbranched alkanes of at least 4 members (excludes halogenated alkanes) is 3. The largest absolute Gasteiger partial charge is 0.378 e. The topological polar surface area (TPSA) is 26.3 Å². The molecule has 1 aliphatic carbocycles. The molecule has 2 nitrogen and oxygen atoms in total. The van der Waals surface area contributed by atoms with Gasteiger partial charge in [0.2, 0.25) is 0 Å². The summed E-state index contributed by atoms with van der Waals surface area (Å²) in [7, 11) is 0. The Labute approximate surface area is 99.8 Å². The molecule has 0 saturated heterocycles. The molecular formula is C14H26O2. The molecule has 0 radical (unpaired) electrons. The minimum atomic E-state index is 0.518. The van der Waals surface area contributed by atoms with E-state index in [1.54, 1.807) is 0 Å². The van der Waals surface area contributed by atoms with Crippen LogP contribution in [0.25, 0.3) is 0 Å². The Bertz CT molecular complexity index is 180. The molecule has 2 unspecified atom stereocenters.